The molecule has 2 amide bonds. The van der Waals surface area contributed by atoms with Gasteiger partial charge in [0, 0.05) is 22.8 Å². The number of halogens is 1. The highest BCUT2D eigenvalue weighted by Crippen LogP contribution is 2.32. The number of piperidine rings is 1. The third-order valence-corrected chi connectivity index (χ3v) is 5.52. The molecule has 1 atom stereocenters. The lowest BCUT2D eigenvalue weighted by Crippen LogP contribution is -2.41. The molecule has 6 nitrogen and oxygen atoms in total. The van der Waals surface area contributed by atoms with Crippen LogP contribution in [-0.4, -0.2) is 27.6 Å². The predicted octanol–water partition coefficient (Wildman–Crippen LogP) is 5.77. The molecule has 29 heavy (non-hydrogen) atoms. The molecule has 1 fully saturated rings. The van der Waals surface area contributed by atoms with E-state index in [1.807, 2.05) is 44.2 Å². The number of benzene rings is 2. The Kier molecular flexibility index (Phi) is 5.53. The first-order chi connectivity index (χ1) is 14.0. The van der Waals surface area contributed by atoms with Gasteiger partial charge in [-0.2, -0.15) is 4.98 Å². The van der Waals surface area contributed by atoms with Gasteiger partial charge in [-0.15, -0.1) is 0 Å². The van der Waals surface area contributed by atoms with E-state index >= 15 is 0 Å². The Bertz CT molecular complexity index is 1010. The Morgan fingerprint density at radius 3 is 2.69 bits per heavy atom. The first kappa shape index (κ1) is 19.5. The minimum absolute atomic E-state index is 0.144. The minimum atomic E-state index is -0.242. The number of nitrogens with zero attached hydrogens (tertiary/aromatic N) is 3. The number of nitrogens with one attached hydrogen (secondary N) is 1. The maximum atomic E-state index is 13.1. The van der Waals surface area contributed by atoms with Gasteiger partial charge >= 0.3 is 6.03 Å². The zero-order valence-electron chi connectivity index (χ0n) is 16.5. The average molecular weight is 411 g/mol. The van der Waals surface area contributed by atoms with Gasteiger partial charge in [0.15, 0.2) is 0 Å². The van der Waals surface area contributed by atoms with Gasteiger partial charge in [-0.3, -0.25) is 0 Å². The largest absolute Gasteiger partial charge is 0.337 e. The molecule has 2 aromatic carbocycles. The van der Waals surface area contributed by atoms with Crippen molar-refractivity contribution in [1.29, 1.82) is 0 Å². The number of amides is 2. The van der Waals surface area contributed by atoms with Gasteiger partial charge in [0.1, 0.15) is 6.04 Å². The summed E-state index contributed by atoms with van der Waals surface area (Å²) in [5, 5.41) is 7.79. The second-order valence-electron chi connectivity index (χ2n) is 7.37. The van der Waals surface area contributed by atoms with Crippen LogP contribution >= 0.6 is 11.6 Å². The summed E-state index contributed by atoms with van der Waals surface area (Å²) >= 11 is 6.07. The number of anilines is 1. The zero-order chi connectivity index (χ0) is 20.4. The second-order valence-corrected chi connectivity index (χ2v) is 7.80. The standard InChI is InChI=1S/C22H23ClN4O2/c1-14-7-5-8-15(2)19(14)24-22(28)27-12-4-3-11-18(27)21-25-20(26-29-21)16-9-6-10-17(23)13-16/h5-10,13,18H,3-4,11-12H2,1-2H3,(H,24,28). The molecule has 2 heterocycles. The first-order valence-corrected chi connectivity index (χ1v) is 10.1. The number of para-hydroxylation sites is 1. The summed E-state index contributed by atoms with van der Waals surface area (Å²) in [5.41, 5.74) is 3.71. The van der Waals surface area contributed by atoms with E-state index in [4.69, 9.17) is 16.1 Å². The third-order valence-electron chi connectivity index (χ3n) is 5.29. The van der Waals surface area contributed by atoms with E-state index in [9.17, 15) is 4.79 Å². The summed E-state index contributed by atoms with van der Waals surface area (Å²) in [6, 6.07) is 12.9. The van der Waals surface area contributed by atoms with Gasteiger partial charge < -0.3 is 14.7 Å². The molecule has 1 N–H and O–H groups in total. The van der Waals surface area contributed by atoms with E-state index in [1.54, 1.807) is 17.0 Å². The Labute approximate surface area is 174 Å². The molecule has 1 unspecified atom stereocenters. The maximum Gasteiger partial charge on any atom is 0.322 e. The smallest absolute Gasteiger partial charge is 0.322 e. The van der Waals surface area contributed by atoms with E-state index in [-0.39, 0.29) is 12.1 Å². The highest BCUT2D eigenvalue weighted by Gasteiger charge is 2.32. The lowest BCUT2D eigenvalue weighted by atomic mass is 10.0. The van der Waals surface area contributed by atoms with Crippen LogP contribution in [0.4, 0.5) is 10.5 Å². The molecule has 1 aliphatic rings. The van der Waals surface area contributed by atoms with Crippen molar-refractivity contribution in [3.8, 4) is 11.4 Å². The summed E-state index contributed by atoms with van der Waals surface area (Å²) < 4.78 is 5.55. The number of aromatic nitrogens is 2. The molecule has 0 aliphatic carbocycles. The number of aryl methyl sites for hydroxylation is 2. The second kappa shape index (κ2) is 8.25. The molecule has 0 bridgehead atoms. The molecular formula is C22H23ClN4O2. The number of carbonyl (C=O) groups excluding carboxylic acids is 1. The molecule has 150 valence electrons. The highest BCUT2D eigenvalue weighted by atomic mass is 35.5. The quantitative estimate of drug-likeness (QED) is 0.595. The Hall–Kier alpha value is -2.86. The van der Waals surface area contributed by atoms with Crippen LogP contribution in [0, 0.1) is 13.8 Å². The Balaban J connectivity index is 1.57. The van der Waals surface area contributed by atoms with Crippen LogP contribution in [0.2, 0.25) is 5.02 Å². The lowest BCUT2D eigenvalue weighted by molar-refractivity contribution is 0.142. The fraction of sp³-hybridized carbons (Fsp3) is 0.318. The number of hydrogen-bond donors (Lipinski definition) is 1. The topological polar surface area (TPSA) is 71.3 Å². The summed E-state index contributed by atoms with van der Waals surface area (Å²) in [5.74, 6) is 0.930. The van der Waals surface area contributed by atoms with Crippen molar-refractivity contribution in [3.63, 3.8) is 0 Å². The van der Waals surface area contributed by atoms with Crippen LogP contribution < -0.4 is 5.32 Å². The lowest BCUT2D eigenvalue weighted by Gasteiger charge is -2.33. The van der Waals surface area contributed by atoms with Crippen molar-refractivity contribution >= 4 is 23.3 Å². The Morgan fingerprint density at radius 1 is 1.17 bits per heavy atom. The van der Waals surface area contributed by atoms with Gasteiger partial charge in [0.05, 0.1) is 0 Å². The van der Waals surface area contributed by atoms with Gasteiger partial charge in [0.2, 0.25) is 11.7 Å². The molecule has 7 heteroatoms. The van der Waals surface area contributed by atoms with Crippen molar-refractivity contribution in [2.75, 3.05) is 11.9 Å². The third kappa shape index (κ3) is 4.12. The number of carbonyl (C=O) groups is 1. The van der Waals surface area contributed by atoms with Crippen LogP contribution in [-0.2, 0) is 0 Å². The van der Waals surface area contributed by atoms with Crippen LogP contribution in [0.3, 0.4) is 0 Å². The van der Waals surface area contributed by atoms with Crippen LogP contribution in [0.25, 0.3) is 11.4 Å². The molecule has 1 saturated heterocycles. The van der Waals surface area contributed by atoms with Gasteiger partial charge in [-0.1, -0.05) is 47.1 Å². The van der Waals surface area contributed by atoms with E-state index in [0.717, 1.165) is 41.6 Å². The van der Waals surface area contributed by atoms with E-state index in [0.29, 0.717) is 23.3 Å². The molecule has 0 radical (unpaired) electrons. The number of likely N-dealkylation sites (tertiary alicyclic amines) is 1. The zero-order valence-corrected chi connectivity index (χ0v) is 17.2. The van der Waals surface area contributed by atoms with Crippen molar-refractivity contribution in [2.45, 2.75) is 39.2 Å². The first-order valence-electron chi connectivity index (χ1n) is 9.76. The van der Waals surface area contributed by atoms with Crippen LogP contribution in [0.15, 0.2) is 47.0 Å². The molecule has 3 aromatic rings. The predicted molar refractivity (Wildman–Crippen MR) is 113 cm³/mol. The fourth-order valence-corrected chi connectivity index (χ4v) is 3.93. The number of rotatable bonds is 3. The molecule has 0 spiro atoms. The SMILES string of the molecule is Cc1cccc(C)c1NC(=O)N1CCCCC1c1nc(-c2cccc(Cl)c2)no1. The fourth-order valence-electron chi connectivity index (χ4n) is 3.74. The van der Waals surface area contributed by atoms with E-state index in [2.05, 4.69) is 15.5 Å². The summed E-state index contributed by atoms with van der Waals surface area (Å²) in [6.07, 6.45) is 2.75. The molecule has 4 rings (SSSR count). The van der Waals surface area contributed by atoms with Crippen molar-refractivity contribution in [1.82, 2.24) is 15.0 Å². The molecule has 1 aromatic heterocycles. The molecule has 1 aliphatic heterocycles. The average Bonchev–Trinajstić information content (AvgIpc) is 3.21. The summed E-state index contributed by atoms with van der Waals surface area (Å²) in [6.45, 7) is 4.63. The van der Waals surface area contributed by atoms with Gasteiger partial charge in [-0.25, -0.2) is 4.79 Å². The highest BCUT2D eigenvalue weighted by molar-refractivity contribution is 6.30. The summed E-state index contributed by atoms with van der Waals surface area (Å²) in [4.78, 5) is 19.4. The summed E-state index contributed by atoms with van der Waals surface area (Å²) in [7, 11) is 0. The van der Waals surface area contributed by atoms with Crippen LogP contribution in [0.1, 0.15) is 42.3 Å². The van der Waals surface area contributed by atoms with Gasteiger partial charge in [-0.05, 0) is 56.4 Å². The molecule has 0 saturated carbocycles. The normalized spacial score (nSPS) is 16.7. The van der Waals surface area contributed by atoms with Crippen molar-refractivity contribution in [3.05, 3.63) is 64.5 Å². The van der Waals surface area contributed by atoms with E-state index < -0.39 is 0 Å². The Morgan fingerprint density at radius 2 is 1.93 bits per heavy atom. The van der Waals surface area contributed by atoms with Gasteiger partial charge in [0.25, 0.3) is 0 Å². The minimum Gasteiger partial charge on any atom is -0.337 e. The number of hydrogen-bond acceptors (Lipinski definition) is 4. The van der Waals surface area contributed by atoms with Crippen LogP contribution in [0.5, 0.6) is 0 Å². The molecular weight excluding hydrogens is 388 g/mol. The maximum absolute atomic E-state index is 13.1. The van der Waals surface area contributed by atoms with E-state index in [1.165, 1.54) is 0 Å². The van der Waals surface area contributed by atoms with Crippen molar-refractivity contribution in [2.24, 2.45) is 0 Å². The monoisotopic (exact) mass is 410 g/mol. The van der Waals surface area contributed by atoms with Crippen molar-refractivity contribution < 1.29 is 9.32 Å². The number of urea groups is 1.